The number of halogens is 1. The van der Waals surface area contributed by atoms with Crippen LogP contribution in [0.5, 0.6) is 0 Å². The lowest BCUT2D eigenvalue weighted by molar-refractivity contribution is -0.111. The molecule has 4 nitrogen and oxygen atoms in total. The van der Waals surface area contributed by atoms with Gasteiger partial charge in [0.1, 0.15) is 5.00 Å². The number of fused-ring (bicyclic) bond motifs is 1. The molecule has 0 fully saturated rings. The molecule has 1 N–H and O–H groups in total. The molecule has 1 heterocycles. The van der Waals surface area contributed by atoms with Crippen molar-refractivity contribution in [2.24, 2.45) is 5.92 Å². The number of esters is 1. The smallest absolute Gasteiger partial charge is 0.341 e. The molecule has 1 aliphatic rings. The van der Waals surface area contributed by atoms with Gasteiger partial charge in [0, 0.05) is 15.4 Å². The Hall–Kier alpha value is -1.92. The van der Waals surface area contributed by atoms with E-state index in [-0.39, 0.29) is 11.9 Å². The van der Waals surface area contributed by atoms with Crippen molar-refractivity contribution in [1.29, 1.82) is 0 Å². The second-order valence-electron chi connectivity index (χ2n) is 6.42. The van der Waals surface area contributed by atoms with Crippen LogP contribution in [0.3, 0.4) is 0 Å². The van der Waals surface area contributed by atoms with Crippen LogP contribution in [0.25, 0.3) is 6.08 Å². The molecule has 0 spiro atoms. The first-order chi connectivity index (χ1) is 12.5. The highest BCUT2D eigenvalue weighted by Crippen LogP contribution is 2.40. The molecular formula is C20H20BrNO3S. The van der Waals surface area contributed by atoms with Crippen molar-refractivity contribution in [2.45, 2.75) is 26.2 Å². The Kier molecular flexibility index (Phi) is 5.94. The monoisotopic (exact) mass is 433 g/mol. The lowest BCUT2D eigenvalue weighted by atomic mass is 9.88. The Labute approximate surface area is 165 Å². The van der Waals surface area contributed by atoms with Gasteiger partial charge in [-0.05, 0) is 54.5 Å². The first kappa shape index (κ1) is 18.9. The summed E-state index contributed by atoms with van der Waals surface area (Å²) in [7, 11) is 1.37. The molecule has 0 saturated carbocycles. The first-order valence-corrected chi connectivity index (χ1v) is 10.1. The number of anilines is 1. The second kappa shape index (κ2) is 8.18. The number of hydrogen-bond acceptors (Lipinski definition) is 4. The van der Waals surface area contributed by atoms with E-state index in [9.17, 15) is 9.59 Å². The number of rotatable bonds is 4. The minimum absolute atomic E-state index is 0.260. The Morgan fingerprint density at radius 1 is 1.31 bits per heavy atom. The van der Waals surface area contributed by atoms with Crippen LogP contribution in [0.4, 0.5) is 5.00 Å². The summed E-state index contributed by atoms with van der Waals surface area (Å²) >= 11 is 4.87. The van der Waals surface area contributed by atoms with E-state index in [1.807, 2.05) is 24.3 Å². The third-order valence-corrected chi connectivity index (χ3v) is 6.13. The molecular weight excluding hydrogens is 414 g/mol. The third kappa shape index (κ3) is 4.24. The Bertz CT molecular complexity index is 855. The Balaban J connectivity index is 1.81. The lowest BCUT2D eigenvalue weighted by Crippen LogP contribution is -2.14. The summed E-state index contributed by atoms with van der Waals surface area (Å²) < 4.78 is 5.93. The summed E-state index contributed by atoms with van der Waals surface area (Å²) in [5.74, 6) is -0.0542. The van der Waals surface area contributed by atoms with Crippen LogP contribution >= 0.6 is 27.3 Å². The number of hydrogen-bond donors (Lipinski definition) is 1. The van der Waals surface area contributed by atoms with Crippen LogP contribution in [-0.4, -0.2) is 19.0 Å². The molecule has 1 unspecified atom stereocenters. The molecule has 1 aliphatic carbocycles. The van der Waals surface area contributed by atoms with Gasteiger partial charge in [0.05, 0.1) is 12.7 Å². The zero-order valence-electron chi connectivity index (χ0n) is 14.7. The molecule has 3 rings (SSSR count). The van der Waals surface area contributed by atoms with Gasteiger partial charge < -0.3 is 10.1 Å². The van der Waals surface area contributed by atoms with Crippen molar-refractivity contribution in [1.82, 2.24) is 0 Å². The number of amides is 1. The van der Waals surface area contributed by atoms with Crippen LogP contribution in [-0.2, 0) is 22.4 Å². The highest BCUT2D eigenvalue weighted by atomic mass is 79.9. The maximum absolute atomic E-state index is 12.3. The fraction of sp³-hybridized carbons (Fsp3) is 0.300. The molecule has 1 atom stereocenters. The van der Waals surface area contributed by atoms with Crippen molar-refractivity contribution in [3.63, 3.8) is 0 Å². The molecule has 0 saturated heterocycles. The summed E-state index contributed by atoms with van der Waals surface area (Å²) in [6.07, 6.45) is 6.06. The van der Waals surface area contributed by atoms with Gasteiger partial charge in [0.2, 0.25) is 5.91 Å². The van der Waals surface area contributed by atoms with Crippen molar-refractivity contribution in [3.8, 4) is 0 Å². The van der Waals surface area contributed by atoms with E-state index in [1.54, 1.807) is 6.08 Å². The van der Waals surface area contributed by atoms with Gasteiger partial charge in [0.25, 0.3) is 0 Å². The number of methoxy groups -OCH3 is 1. The zero-order valence-corrected chi connectivity index (χ0v) is 17.1. The highest BCUT2D eigenvalue weighted by Gasteiger charge is 2.28. The van der Waals surface area contributed by atoms with Crippen LogP contribution in [0.1, 0.15) is 39.7 Å². The predicted molar refractivity (Wildman–Crippen MR) is 109 cm³/mol. The average molecular weight is 434 g/mol. The molecule has 0 radical (unpaired) electrons. The van der Waals surface area contributed by atoms with Crippen molar-refractivity contribution in [3.05, 3.63) is 56.4 Å². The summed E-state index contributed by atoms with van der Waals surface area (Å²) in [6.45, 7) is 2.21. The van der Waals surface area contributed by atoms with E-state index in [4.69, 9.17) is 4.74 Å². The van der Waals surface area contributed by atoms with Crippen LogP contribution in [0, 0.1) is 5.92 Å². The largest absolute Gasteiger partial charge is 0.465 e. The average Bonchev–Trinajstić information content (AvgIpc) is 2.97. The summed E-state index contributed by atoms with van der Waals surface area (Å²) in [6, 6.07) is 7.67. The topological polar surface area (TPSA) is 55.4 Å². The van der Waals surface area contributed by atoms with Gasteiger partial charge in [-0.25, -0.2) is 4.79 Å². The molecule has 0 aliphatic heterocycles. The maximum atomic E-state index is 12.3. The Morgan fingerprint density at radius 3 is 2.73 bits per heavy atom. The van der Waals surface area contributed by atoms with Crippen LogP contribution < -0.4 is 5.32 Å². The van der Waals surface area contributed by atoms with Gasteiger partial charge in [-0.15, -0.1) is 11.3 Å². The second-order valence-corrected chi connectivity index (χ2v) is 8.44. The molecule has 136 valence electrons. The number of thiophene rings is 1. The Morgan fingerprint density at radius 2 is 2.04 bits per heavy atom. The fourth-order valence-electron chi connectivity index (χ4n) is 3.06. The van der Waals surface area contributed by atoms with Gasteiger partial charge in [-0.2, -0.15) is 0 Å². The number of nitrogens with one attached hydrogen (secondary N) is 1. The molecule has 1 amide bonds. The van der Waals surface area contributed by atoms with E-state index in [1.165, 1.54) is 29.4 Å². The van der Waals surface area contributed by atoms with E-state index >= 15 is 0 Å². The van der Waals surface area contributed by atoms with Crippen LogP contribution in [0.2, 0.25) is 0 Å². The first-order valence-electron chi connectivity index (χ1n) is 8.45. The minimum Gasteiger partial charge on any atom is -0.465 e. The molecule has 2 aromatic rings. The molecule has 6 heteroatoms. The van der Waals surface area contributed by atoms with Gasteiger partial charge in [-0.3, -0.25) is 4.79 Å². The van der Waals surface area contributed by atoms with E-state index in [0.717, 1.165) is 34.9 Å². The summed E-state index contributed by atoms with van der Waals surface area (Å²) in [5.41, 5.74) is 2.48. The highest BCUT2D eigenvalue weighted by molar-refractivity contribution is 9.10. The summed E-state index contributed by atoms with van der Waals surface area (Å²) in [4.78, 5) is 25.8. The number of ether oxygens (including phenoxy) is 1. The lowest BCUT2D eigenvalue weighted by Gasteiger charge is -2.18. The molecule has 1 aromatic carbocycles. The number of benzene rings is 1. The van der Waals surface area contributed by atoms with Gasteiger partial charge >= 0.3 is 5.97 Å². The van der Waals surface area contributed by atoms with Crippen molar-refractivity contribution in [2.75, 3.05) is 12.4 Å². The van der Waals surface area contributed by atoms with E-state index < -0.39 is 0 Å². The molecule has 26 heavy (non-hydrogen) atoms. The standard InChI is InChI=1S/C20H20BrNO3S/c1-12-3-9-15-16(11-12)26-19(18(15)20(24)25-2)22-17(23)10-6-13-4-7-14(21)8-5-13/h4-8,10,12H,3,9,11H2,1-2H3,(H,22,23)/b10-6+. The van der Waals surface area contributed by atoms with E-state index in [0.29, 0.717) is 16.5 Å². The van der Waals surface area contributed by atoms with Gasteiger partial charge in [0.15, 0.2) is 0 Å². The maximum Gasteiger partial charge on any atom is 0.341 e. The predicted octanol–water partition coefficient (Wildman–Crippen LogP) is 5.07. The SMILES string of the molecule is COC(=O)c1c(NC(=O)/C=C/c2ccc(Br)cc2)sc2c1CCC(C)C2. The van der Waals surface area contributed by atoms with Crippen LogP contribution in [0.15, 0.2) is 34.8 Å². The zero-order chi connectivity index (χ0) is 18.7. The minimum atomic E-state index is -0.385. The quantitative estimate of drug-likeness (QED) is 0.540. The third-order valence-electron chi connectivity index (χ3n) is 4.44. The number of carbonyl (C=O) groups excluding carboxylic acids is 2. The van der Waals surface area contributed by atoms with E-state index in [2.05, 4.69) is 28.2 Å². The normalized spacial score (nSPS) is 16.3. The molecule has 1 aromatic heterocycles. The van der Waals surface area contributed by atoms with Crippen molar-refractivity contribution >= 4 is 50.2 Å². The summed E-state index contributed by atoms with van der Waals surface area (Å²) in [5, 5.41) is 3.45. The van der Waals surface area contributed by atoms with Gasteiger partial charge in [-0.1, -0.05) is 35.0 Å². The van der Waals surface area contributed by atoms with Crippen molar-refractivity contribution < 1.29 is 14.3 Å². The fourth-order valence-corrected chi connectivity index (χ4v) is 4.72. The molecule has 0 bridgehead atoms. The number of carbonyl (C=O) groups is 2.